The topological polar surface area (TPSA) is 75.1 Å². The average Bonchev–Trinajstić information content (AvgIpc) is 2.14. The molecule has 0 fully saturated rings. The molecule has 0 saturated carbocycles. The number of aromatic nitrogens is 2. The monoisotopic (exact) mass is 195 g/mol. The van der Waals surface area contributed by atoms with Crippen molar-refractivity contribution >= 4 is 5.91 Å². The van der Waals surface area contributed by atoms with E-state index in [0.717, 1.165) is 0 Å². The molecule has 1 aromatic heterocycles. The SMILES string of the molecule is CC(C)(O)CNC(=O)c1ccncn1. The molecule has 1 rings (SSSR count). The van der Waals surface area contributed by atoms with Crippen molar-refractivity contribution in [2.45, 2.75) is 19.4 Å². The Morgan fingerprint density at radius 2 is 2.36 bits per heavy atom. The Hall–Kier alpha value is -1.49. The van der Waals surface area contributed by atoms with E-state index in [1.54, 1.807) is 13.8 Å². The number of hydrogen-bond donors (Lipinski definition) is 2. The predicted octanol–water partition coefficient (Wildman–Crippen LogP) is -0.0227. The van der Waals surface area contributed by atoms with Gasteiger partial charge in [-0.05, 0) is 19.9 Å². The van der Waals surface area contributed by atoms with Gasteiger partial charge in [0, 0.05) is 12.7 Å². The average molecular weight is 195 g/mol. The summed E-state index contributed by atoms with van der Waals surface area (Å²) < 4.78 is 0. The van der Waals surface area contributed by atoms with E-state index >= 15 is 0 Å². The van der Waals surface area contributed by atoms with Crippen LogP contribution in [0.3, 0.4) is 0 Å². The molecule has 2 N–H and O–H groups in total. The van der Waals surface area contributed by atoms with Crippen LogP contribution in [-0.4, -0.2) is 33.1 Å². The molecule has 1 heterocycles. The first kappa shape index (κ1) is 10.6. The molecule has 5 heteroatoms. The van der Waals surface area contributed by atoms with Gasteiger partial charge >= 0.3 is 0 Å². The minimum atomic E-state index is -0.914. The molecule has 0 atom stereocenters. The normalized spacial score (nSPS) is 11.1. The van der Waals surface area contributed by atoms with E-state index < -0.39 is 5.60 Å². The lowest BCUT2D eigenvalue weighted by atomic mass is 10.1. The van der Waals surface area contributed by atoms with Crippen LogP contribution in [0.4, 0.5) is 0 Å². The molecule has 0 radical (unpaired) electrons. The molecule has 14 heavy (non-hydrogen) atoms. The molecule has 0 saturated heterocycles. The minimum Gasteiger partial charge on any atom is -0.389 e. The van der Waals surface area contributed by atoms with Crippen molar-refractivity contribution in [2.75, 3.05) is 6.54 Å². The van der Waals surface area contributed by atoms with Crippen LogP contribution in [0.2, 0.25) is 0 Å². The first-order chi connectivity index (χ1) is 6.49. The highest BCUT2D eigenvalue weighted by Gasteiger charge is 2.14. The van der Waals surface area contributed by atoms with Gasteiger partial charge in [-0.25, -0.2) is 9.97 Å². The number of carbonyl (C=O) groups is 1. The summed E-state index contributed by atoms with van der Waals surface area (Å²) in [7, 11) is 0. The largest absolute Gasteiger partial charge is 0.389 e. The van der Waals surface area contributed by atoms with Crippen LogP contribution < -0.4 is 5.32 Å². The molecular formula is C9H13N3O2. The van der Waals surface area contributed by atoms with Crippen LogP contribution >= 0.6 is 0 Å². The summed E-state index contributed by atoms with van der Waals surface area (Å²) in [6.45, 7) is 3.43. The fourth-order valence-electron chi connectivity index (χ4n) is 0.812. The highest BCUT2D eigenvalue weighted by atomic mass is 16.3. The first-order valence-electron chi connectivity index (χ1n) is 4.26. The van der Waals surface area contributed by atoms with E-state index in [2.05, 4.69) is 15.3 Å². The number of carbonyl (C=O) groups excluding carboxylic acids is 1. The minimum absolute atomic E-state index is 0.190. The third kappa shape index (κ3) is 3.49. The summed E-state index contributed by atoms with van der Waals surface area (Å²) in [5, 5.41) is 11.9. The van der Waals surface area contributed by atoms with Crippen molar-refractivity contribution in [3.63, 3.8) is 0 Å². The highest BCUT2D eigenvalue weighted by Crippen LogP contribution is 1.98. The lowest BCUT2D eigenvalue weighted by molar-refractivity contribution is 0.0692. The summed E-state index contributed by atoms with van der Waals surface area (Å²) in [5.41, 5.74) is -0.618. The third-order valence-corrected chi connectivity index (χ3v) is 1.50. The number of amides is 1. The lowest BCUT2D eigenvalue weighted by Crippen LogP contribution is -2.38. The summed E-state index contributed by atoms with van der Waals surface area (Å²) in [6, 6.07) is 1.51. The molecule has 0 aromatic carbocycles. The van der Waals surface area contributed by atoms with Gasteiger partial charge in [-0.1, -0.05) is 0 Å². The fourth-order valence-corrected chi connectivity index (χ4v) is 0.812. The van der Waals surface area contributed by atoms with Crippen LogP contribution in [-0.2, 0) is 0 Å². The number of nitrogens with one attached hydrogen (secondary N) is 1. The van der Waals surface area contributed by atoms with E-state index in [-0.39, 0.29) is 12.5 Å². The summed E-state index contributed by atoms with van der Waals surface area (Å²) in [6.07, 6.45) is 2.80. The Bertz CT molecular complexity index is 306. The zero-order valence-corrected chi connectivity index (χ0v) is 8.19. The van der Waals surface area contributed by atoms with E-state index in [0.29, 0.717) is 5.69 Å². The maximum absolute atomic E-state index is 11.4. The van der Waals surface area contributed by atoms with Gasteiger partial charge in [0.1, 0.15) is 12.0 Å². The van der Waals surface area contributed by atoms with Crippen molar-refractivity contribution in [1.29, 1.82) is 0 Å². The number of nitrogens with zero attached hydrogens (tertiary/aromatic N) is 2. The van der Waals surface area contributed by atoms with Crippen LogP contribution in [0, 0.1) is 0 Å². The lowest BCUT2D eigenvalue weighted by Gasteiger charge is -2.17. The Kier molecular flexibility index (Phi) is 3.14. The van der Waals surface area contributed by atoms with Crippen molar-refractivity contribution < 1.29 is 9.90 Å². The van der Waals surface area contributed by atoms with Crippen LogP contribution in [0.5, 0.6) is 0 Å². The van der Waals surface area contributed by atoms with Gasteiger partial charge < -0.3 is 10.4 Å². The van der Waals surface area contributed by atoms with Gasteiger partial charge in [0.15, 0.2) is 0 Å². The molecule has 0 spiro atoms. The molecule has 0 unspecified atom stereocenters. The van der Waals surface area contributed by atoms with Gasteiger partial charge in [-0.15, -0.1) is 0 Å². The van der Waals surface area contributed by atoms with Gasteiger partial charge in [0.2, 0.25) is 0 Å². The Morgan fingerprint density at radius 1 is 1.64 bits per heavy atom. The molecule has 5 nitrogen and oxygen atoms in total. The van der Waals surface area contributed by atoms with Crippen LogP contribution in [0.15, 0.2) is 18.6 Å². The van der Waals surface area contributed by atoms with E-state index in [4.69, 9.17) is 0 Å². The number of rotatable bonds is 3. The zero-order valence-electron chi connectivity index (χ0n) is 8.19. The molecular weight excluding hydrogens is 182 g/mol. The molecule has 1 aromatic rings. The third-order valence-electron chi connectivity index (χ3n) is 1.50. The van der Waals surface area contributed by atoms with Crippen molar-refractivity contribution in [3.8, 4) is 0 Å². The van der Waals surface area contributed by atoms with Crippen molar-refractivity contribution in [2.24, 2.45) is 0 Å². The molecule has 0 aliphatic carbocycles. The van der Waals surface area contributed by atoms with Gasteiger partial charge in [0.25, 0.3) is 5.91 Å². The molecule has 76 valence electrons. The molecule has 0 aliphatic rings. The predicted molar refractivity (Wildman–Crippen MR) is 50.7 cm³/mol. The quantitative estimate of drug-likeness (QED) is 0.710. The number of aliphatic hydroxyl groups is 1. The van der Waals surface area contributed by atoms with Gasteiger partial charge in [-0.2, -0.15) is 0 Å². The van der Waals surface area contributed by atoms with E-state index in [1.165, 1.54) is 18.6 Å². The van der Waals surface area contributed by atoms with Gasteiger partial charge in [-0.3, -0.25) is 4.79 Å². The summed E-state index contributed by atoms with van der Waals surface area (Å²) in [5.74, 6) is -0.311. The Balaban J connectivity index is 2.52. The molecule has 0 bridgehead atoms. The second kappa shape index (κ2) is 4.15. The maximum Gasteiger partial charge on any atom is 0.270 e. The van der Waals surface area contributed by atoms with Crippen LogP contribution in [0.1, 0.15) is 24.3 Å². The second-order valence-corrected chi connectivity index (χ2v) is 3.59. The summed E-state index contributed by atoms with van der Waals surface area (Å²) in [4.78, 5) is 18.8. The molecule has 1 amide bonds. The van der Waals surface area contributed by atoms with Gasteiger partial charge in [0.05, 0.1) is 5.60 Å². The smallest absolute Gasteiger partial charge is 0.270 e. The van der Waals surface area contributed by atoms with Crippen LogP contribution in [0.25, 0.3) is 0 Å². The number of hydrogen-bond acceptors (Lipinski definition) is 4. The highest BCUT2D eigenvalue weighted by molar-refractivity contribution is 5.92. The van der Waals surface area contributed by atoms with Crippen molar-refractivity contribution in [3.05, 3.63) is 24.3 Å². The molecule has 0 aliphatic heterocycles. The zero-order chi connectivity index (χ0) is 10.6. The Labute approximate surface area is 82.2 Å². The van der Waals surface area contributed by atoms with Crippen molar-refractivity contribution in [1.82, 2.24) is 15.3 Å². The second-order valence-electron chi connectivity index (χ2n) is 3.59. The standard InChI is InChI=1S/C9H13N3O2/c1-9(2,14)5-11-8(13)7-3-4-10-6-12-7/h3-4,6,14H,5H2,1-2H3,(H,11,13). The van der Waals surface area contributed by atoms with E-state index in [1.807, 2.05) is 0 Å². The first-order valence-corrected chi connectivity index (χ1v) is 4.26. The Morgan fingerprint density at radius 3 is 2.86 bits per heavy atom. The maximum atomic E-state index is 11.4. The fraction of sp³-hybridized carbons (Fsp3) is 0.444. The van der Waals surface area contributed by atoms with E-state index in [9.17, 15) is 9.90 Å². The summed E-state index contributed by atoms with van der Waals surface area (Å²) >= 11 is 0.